The molecule has 1 aliphatic carbocycles. The van der Waals surface area contributed by atoms with E-state index in [9.17, 15) is 9.59 Å². The van der Waals surface area contributed by atoms with Crippen molar-refractivity contribution in [3.8, 4) is 22.3 Å². The smallest absolute Gasteiger partial charge is 0.194 e. The fourth-order valence-electron chi connectivity index (χ4n) is 5.44. The van der Waals surface area contributed by atoms with Gasteiger partial charge in [-0.15, -0.1) is 0 Å². The third kappa shape index (κ3) is 3.05. The summed E-state index contributed by atoms with van der Waals surface area (Å²) in [5, 5.41) is 4.52. The minimum Gasteiger partial charge on any atom is -0.289 e. The molecule has 0 heterocycles. The van der Waals surface area contributed by atoms with Crippen molar-refractivity contribution in [2.24, 2.45) is 0 Å². The lowest BCUT2D eigenvalue weighted by Gasteiger charge is -2.20. The van der Waals surface area contributed by atoms with Gasteiger partial charge in [0, 0.05) is 22.3 Å². The van der Waals surface area contributed by atoms with Crippen LogP contribution in [0.4, 0.5) is 0 Å². The Morgan fingerprint density at radius 2 is 0.750 bits per heavy atom. The van der Waals surface area contributed by atoms with Crippen molar-refractivity contribution in [2.45, 2.75) is 0 Å². The van der Waals surface area contributed by atoms with Gasteiger partial charge in [-0.05, 0) is 68.1 Å². The molecular formula is C34H20O2. The standard InChI is InChI=1S/C34H20O2/c35-33-30-18-16-24(28-14-6-10-22-8-2-4-12-26(22)28)20-32(30)34(36)29-17-15-23(19-31(29)33)27-13-5-9-21-7-1-3-11-25(21)27/h1-20H. The fourth-order valence-corrected chi connectivity index (χ4v) is 5.44. The van der Waals surface area contributed by atoms with Crippen LogP contribution in [-0.4, -0.2) is 11.6 Å². The molecule has 2 heteroatoms. The van der Waals surface area contributed by atoms with E-state index in [0.29, 0.717) is 22.3 Å². The quantitative estimate of drug-likeness (QED) is 0.261. The van der Waals surface area contributed by atoms with Crippen molar-refractivity contribution in [1.29, 1.82) is 0 Å². The minimum absolute atomic E-state index is 0.105. The van der Waals surface area contributed by atoms with Crippen molar-refractivity contribution in [1.82, 2.24) is 0 Å². The van der Waals surface area contributed by atoms with Gasteiger partial charge in [0.2, 0.25) is 0 Å². The molecule has 1 aliphatic rings. The van der Waals surface area contributed by atoms with Gasteiger partial charge < -0.3 is 0 Å². The predicted octanol–water partition coefficient (Wildman–Crippen LogP) is 8.10. The SMILES string of the molecule is O=C1c2ccc(-c3cccc4ccccc34)cc2C(=O)c2ccc(-c3cccc4ccccc34)cc21. The summed E-state index contributed by atoms with van der Waals surface area (Å²) in [6.07, 6.45) is 0. The highest BCUT2D eigenvalue weighted by Crippen LogP contribution is 2.36. The van der Waals surface area contributed by atoms with E-state index in [0.717, 1.165) is 43.8 Å². The van der Waals surface area contributed by atoms with Crippen LogP contribution in [0.2, 0.25) is 0 Å². The minimum atomic E-state index is -0.105. The van der Waals surface area contributed by atoms with Gasteiger partial charge in [-0.2, -0.15) is 0 Å². The Morgan fingerprint density at radius 3 is 1.22 bits per heavy atom. The Hall–Kier alpha value is -4.82. The monoisotopic (exact) mass is 460 g/mol. The summed E-state index contributed by atoms with van der Waals surface area (Å²) < 4.78 is 0. The number of benzene rings is 6. The van der Waals surface area contributed by atoms with Crippen LogP contribution in [0.25, 0.3) is 43.8 Å². The maximum Gasteiger partial charge on any atom is 0.194 e. The molecule has 0 amide bonds. The second-order valence-corrected chi connectivity index (χ2v) is 9.23. The summed E-state index contributed by atoms with van der Waals surface area (Å²) in [6, 6.07) is 40.0. The Kier molecular flexibility index (Phi) is 4.49. The van der Waals surface area contributed by atoms with Gasteiger partial charge in [0.05, 0.1) is 0 Å². The molecule has 0 fully saturated rings. The number of ketones is 2. The summed E-state index contributed by atoms with van der Waals surface area (Å²) in [7, 11) is 0. The Labute approximate surface area is 208 Å². The lowest BCUT2D eigenvalue weighted by Crippen LogP contribution is -2.21. The summed E-state index contributed by atoms with van der Waals surface area (Å²) in [5.74, 6) is -0.211. The van der Waals surface area contributed by atoms with Crippen molar-refractivity contribution >= 4 is 33.1 Å². The van der Waals surface area contributed by atoms with Crippen molar-refractivity contribution < 1.29 is 9.59 Å². The summed E-state index contributed by atoms with van der Waals surface area (Å²) >= 11 is 0. The van der Waals surface area contributed by atoms with E-state index in [1.54, 1.807) is 12.1 Å². The molecule has 0 radical (unpaired) electrons. The van der Waals surface area contributed by atoms with Gasteiger partial charge >= 0.3 is 0 Å². The average Bonchev–Trinajstić information content (AvgIpc) is 2.95. The second kappa shape index (κ2) is 7.86. The van der Waals surface area contributed by atoms with Crippen LogP contribution in [0.1, 0.15) is 31.8 Å². The van der Waals surface area contributed by atoms with Gasteiger partial charge in [0.25, 0.3) is 0 Å². The Morgan fingerprint density at radius 1 is 0.333 bits per heavy atom. The van der Waals surface area contributed by atoms with Crippen molar-refractivity contribution in [3.63, 3.8) is 0 Å². The van der Waals surface area contributed by atoms with Crippen LogP contribution in [0, 0.1) is 0 Å². The van der Waals surface area contributed by atoms with Crippen LogP contribution in [0.3, 0.4) is 0 Å². The molecule has 2 nitrogen and oxygen atoms in total. The van der Waals surface area contributed by atoms with E-state index in [1.807, 2.05) is 60.7 Å². The van der Waals surface area contributed by atoms with Crippen LogP contribution >= 0.6 is 0 Å². The molecule has 0 bridgehead atoms. The van der Waals surface area contributed by atoms with Gasteiger partial charge in [-0.1, -0.05) is 97.1 Å². The first-order chi connectivity index (χ1) is 17.7. The maximum atomic E-state index is 13.6. The zero-order valence-electron chi connectivity index (χ0n) is 19.4. The van der Waals surface area contributed by atoms with Crippen molar-refractivity contribution in [2.75, 3.05) is 0 Å². The molecule has 0 unspecified atom stereocenters. The first kappa shape index (κ1) is 20.5. The molecule has 0 atom stereocenters. The van der Waals surface area contributed by atoms with Gasteiger partial charge in [0.15, 0.2) is 11.6 Å². The molecule has 6 aromatic rings. The highest BCUT2D eigenvalue weighted by Gasteiger charge is 2.30. The van der Waals surface area contributed by atoms with Crippen LogP contribution in [0.15, 0.2) is 121 Å². The highest BCUT2D eigenvalue weighted by molar-refractivity contribution is 6.29. The molecule has 0 aromatic heterocycles. The number of fused-ring (bicyclic) bond motifs is 4. The zero-order valence-corrected chi connectivity index (χ0v) is 19.4. The molecule has 6 aromatic carbocycles. The number of carbonyl (C=O) groups is 2. The topological polar surface area (TPSA) is 34.1 Å². The molecule has 7 rings (SSSR count). The third-order valence-electron chi connectivity index (χ3n) is 7.22. The molecule has 0 saturated carbocycles. The van der Waals surface area contributed by atoms with Gasteiger partial charge in [0.1, 0.15) is 0 Å². The maximum absolute atomic E-state index is 13.6. The first-order valence-corrected chi connectivity index (χ1v) is 12.0. The van der Waals surface area contributed by atoms with E-state index in [4.69, 9.17) is 0 Å². The summed E-state index contributed by atoms with van der Waals surface area (Å²) in [6.45, 7) is 0. The second-order valence-electron chi connectivity index (χ2n) is 9.23. The predicted molar refractivity (Wildman–Crippen MR) is 146 cm³/mol. The van der Waals surface area contributed by atoms with Crippen LogP contribution < -0.4 is 0 Å². The lowest BCUT2D eigenvalue weighted by molar-refractivity contribution is 0.0979. The number of hydrogen-bond acceptors (Lipinski definition) is 2. The molecule has 36 heavy (non-hydrogen) atoms. The van der Waals surface area contributed by atoms with E-state index in [1.165, 1.54) is 0 Å². The zero-order chi connectivity index (χ0) is 24.2. The molecule has 168 valence electrons. The third-order valence-corrected chi connectivity index (χ3v) is 7.22. The largest absolute Gasteiger partial charge is 0.289 e. The lowest BCUT2D eigenvalue weighted by atomic mass is 9.81. The average molecular weight is 461 g/mol. The normalized spacial score (nSPS) is 12.6. The fraction of sp³-hybridized carbons (Fsp3) is 0. The number of carbonyl (C=O) groups excluding carboxylic acids is 2. The number of hydrogen-bond donors (Lipinski definition) is 0. The summed E-state index contributed by atoms with van der Waals surface area (Å²) in [4.78, 5) is 27.2. The molecule has 0 aliphatic heterocycles. The first-order valence-electron chi connectivity index (χ1n) is 12.0. The van der Waals surface area contributed by atoms with E-state index in [-0.39, 0.29) is 11.6 Å². The Bertz CT molecular complexity index is 1730. The van der Waals surface area contributed by atoms with Gasteiger partial charge in [-0.3, -0.25) is 9.59 Å². The van der Waals surface area contributed by atoms with Crippen LogP contribution in [0.5, 0.6) is 0 Å². The molecular weight excluding hydrogens is 440 g/mol. The number of rotatable bonds is 2. The van der Waals surface area contributed by atoms with E-state index in [2.05, 4.69) is 48.5 Å². The Balaban J connectivity index is 1.35. The summed E-state index contributed by atoms with van der Waals surface area (Å²) in [5.41, 5.74) is 5.83. The van der Waals surface area contributed by atoms with Gasteiger partial charge in [-0.25, -0.2) is 0 Å². The molecule has 0 spiro atoms. The highest BCUT2D eigenvalue weighted by atomic mass is 16.1. The van der Waals surface area contributed by atoms with Crippen LogP contribution in [-0.2, 0) is 0 Å². The molecule has 0 saturated heterocycles. The van der Waals surface area contributed by atoms with Crippen molar-refractivity contribution in [3.05, 3.63) is 144 Å². The van der Waals surface area contributed by atoms with E-state index >= 15 is 0 Å². The molecule has 0 N–H and O–H groups in total. The van der Waals surface area contributed by atoms with E-state index < -0.39 is 0 Å².